The number of hydrogen-bond acceptors (Lipinski definition) is 5. The molecule has 30 heavy (non-hydrogen) atoms. The predicted molar refractivity (Wildman–Crippen MR) is 123 cm³/mol. The summed E-state index contributed by atoms with van der Waals surface area (Å²) in [7, 11) is 0. The number of rotatable bonds is 9. The Kier molecular flexibility index (Phi) is 8.55. The van der Waals surface area contributed by atoms with Crippen molar-refractivity contribution >= 4 is 39.7 Å². The molecule has 1 amide bonds. The fourth-order valence-electron chi connectivity index (χ4n) is 2.53. The molecule has 1 N–H and O–H groups in total. The normalized spacial score (nSPS) is 11.4. The highest BCUT2D eigenvalue weighted by Crippen LogP contribution is 2.36. The second kappa shape index (κ2) is 10.7. The number of carbonyl (C=O) groups excluding carboxylic acids is 1. The first-order chi connectivity index (χ1) is 14.2. The molecule has 2 aromatic rings. The van der Waals surface area contributed by atoms with Crippen molar-refractivity contribution < 1.29 is 19.0 Å². The molecular formula is C22H26BrClN2O4. The SMILES string of the molecule is CCOc1cc(/C=N/NC(=O)C(C)(C)Oc2ccc(Cl)c(C)c2)cc(Br)c1OCC. The van der Waals surface area contributed by atoms with Crippen LogP contribution in [-0.2, 0) is 4.79 Å². The molecule has 0 heterocycles. The van der Waals surface area contributed by atoms with Gasteiger partial charge in [0.2, 0.25) is 0 Å². The van der Waals surface area contributed by atoms with Crippen molar-refractivity contribution in [1.29, 1.82) is 0 Å². The molecule has 0 saturated carbocycles. The minimum absolute atomic E-state index is 0.388. The minimum atomic E-state index is -1.13. The first kappa shape index (κ1) is 24.0. The van der Waals surface area contributed by atoms with Crippen molar-refractivity contribution in [1.82, 2.24) is 5.43 Å². The maximum absolute atomic E-state index is 12.6. The number of aryl methyl sites for hydroxylation is 1. The Balaban J connectivity index is 2.09. The van der Waals surface area contributed by atoms with Gasteiger partial charge in [0.1, 0.15) is 5.75 Å². The van der Waals surface area contributed by atoms with E-state index in [2.05, 4.69) is 26.5 Å². The van der Waals surface area contributed by atoms with Crippen LogP contribution in [0.2, 0.25) is 5.02 Å². The van der Waals surface area contributed by atoms with Crippen LogP contribution in [0.1, 0.15) is 38.8 Å². The Morgan fingerprint density at radius 1 is 1.20 bits per heavy atom. The number of nitrogens with one attached hydrogen (secondary N) is 1. The molecule has 0 saturated heterocycles. The van der Waals surface area contributed by atoms with Crippen LogP contribution in [0.15, 0.2) is 39.9 Å². The van der Waals surface area contributed by atoms with Gasteiger partial charge in [-0.25, -0.2) is 5.43 Å². The third-order valence-corrected chi connectivity index (χ3v) is 5.06. The van der Waals surface area contributed by atoms with Crippen LogP contribution >= 0.6 is 27.5 Å². The summed E-state index contributed by atoms with van der Waals surface area (Å²) in [6, 6.07) is 8.88. The van der Waals surface area contributed by atoms with Gasteiger partial charge in [-0.05, 0) is 92.0 Å². The number of hydrogen-bond donors (Lipinski definition) is 1. The number of carbonyl (C=O) groups is 1. The van der Waals surface area contributed by atoms with E-state index in [1.165, 1.54) is 6.21 Å². The molecule has 162 valence electrons. The number of nitrogens with zero attached hydrogens (tertiary/aromatic N) is 1. The molecule has 0 aliphatic heterocycles. The summed E-state index contributed by atoms with van der Waals surface area (Å²) in [5.41, 5.74) is 3.00. The van der Waals surface area contributed by atoms with Gasteiger partial charge in [0.05, 0.1) is 23.9 Å². The quantitative estimate of drug-likeness (QED) is 0.366. The maximum atomic E-state index is 12.6. The van der Waals surface area contributed by atoms with Crippen LogP contribution in [0.3, 0.4) is 0 Å². The van der Waals surface area contributed by atoms with Gasteiger partial charge in [-0.3, -0.25) is 4.79 Å². The Bertz CT molecular complexity index is 932. The molecule has 0 aliphatic carbocycles. The van der Waals surface area contributed by atoms with Crippen LogP contribution in [-0.4, -0.2) is 30.9 Å². The Morgan fingerprint density at radius 2 is 1.90 bits per heavy atom. The molecule has 6 nitrogen and oxygen atoms in total. The third-order valence-electron chi connectivity index (χ3n) is 4.05. The van der Waals surface area contributed by atoms with E-state index in [1.54, 1.807) is 38.1 Å². The van der Waals surface area contributed by atoms with Gasteiger partial charge in [-0.1, -0.05) is 11.6 Å². The van der Waals surface area contributed by atoms with Crippen LogP contribution in [0.25, 0.3) is 0 Å². The monoisotopic (exact) mass is 496 g/mol. The van der Waals surface area contributed by atoms with Gasteiger partial charge in [0, 0.05) is 5.02 Å². The second-order valence-corrected chi connectivity index (χ2v) is 8.18. The summed E-state index contributed by atoms with van der Waals surface area (Å²) in [4.78, 5) is 12.6. The van der Waals surface area contributed by atoms with Crippen LogP contribution in [0.4, 0.5) is 0 Å². The van der Waals surface area contributed by atoms with Crippen molar-refractivity contribution in [2.45, 2.75) is 40.2 Å². The topological polar surface area (TPSA) is 69.2 Å². The van der Waals surface area contributed by atoms with Crippen molar-refractivity contribution in [2.24, 2.45) is 5.10 Å². The predicted octanol–water partition coefficient (Wildman–Crippen LogP) is 5.52. The van der Waals surface area contributed by atoms with E-state index in [9.17, 15) is 4.79 Å². The van der Waals surface area contributed by atoms with E-state index in [0.717, 1.165) is 15.6 Å². The molecule has 0 aliphatic rings. The molecule has 2 rings (SSSR count). The highest BCUT2D eigenvalue weighted by molar-refractivity contribution is 9.10. The van der Waals surface area contributed by atoms with Crippen LogP contribution < -0.4 is 19.6 Å². The Morgan fingerprint density at radius 3 is 2.53 bits per heavy atom. The van der Waals surface area contributed by atoms with Crippen molar-refractivity contribution in [2.75, 3.05) is 13.2 Å². The molecule has 2 aromatic carbocycles. The van der Waals surface area contributed by atoms with Crippen molar-refractivity contribution in [3.05, 3.63) is 51.0 Å². The maximum Gasteiger partial charge on any atom is 0.283 e. The Labute approximate surface area is 190 Å². The van der Waals surface area contributed by atoms with E-state index in [0.29, 0.717) is 35.5 Å². The third kappa shape index (κ3) is 6.37. The average Bonchev–Trinajstić information content (AvgIpc) is 2.67. The molecule has 8 heteroatoms. The second-order valence-electron chi connectivity index (χ2n) is 6.92. The summed E-state index contributed by atoms with van der Waals surface area (Å²) in [5.74, 6) is 1.40. The average molecular weight is 498 g/mol. The number of hydrazone groups is 1. The zero-order valence-corrected chi connectivity index (χ0v) is 20.1. The summed E-state index contributed by atoms with van der Waals surface area (Å²) in [6.45, 7) is 10.0. The first-order valence-electron chi connectivity index (χ1n) is 9.55. The first-order valence-corrected chi connectivity index (χ1v) is 10.7. The van der Waals surface area contributed by atoms with Gasteiger partial charge < -0.3 is 14.2 Å². The molecule has 0 aromatic heterocycles. The zero-order chi connectivity index (χ0) is 22.3. The Hall–Kier alpha value is -2.25. The van der Waals surface area contributed by atoms with E-state index >= 15 is 0 Å². The lowest BCUT2D eigenvalue weighted by atomic mass is 10.1. The molecule has 0 atom stereocenters. The van der Waals surface area contributed by atoms with Crippen molar-refractivity contribution in [3.8, 4) is 17.2 Å². The molecule has 0 fully saturated rings. The summed E-state index contributed by atoms with van der Waals surface area (Å²) in [6.07, 6.45) is 1.53. The fourth-order valence-corrected chi connectivity index (χ4v) is 3.22. The van der Waals surface area contributed by atoms with Crippen LogP contribution in [0, 0.1) is 6.92 Å². The van der Waals surface area contributed by atoms with Gasteiger partial charge in [0.25, 0.3) is 5.91 Å². The highest BCUT2D eigenvalue weighted by Gasteiger charge is 2.30. The van der Waals surface area contributed by atoms with E-state index in [1.807, 2.05) is 26.8 Å². The molecule has 0 radical (unpaired) electrons. The smallest absolute Gasteiger partial charge is 0.283 e. The lowest BCUT2D eigenvalue weighted by molar-refractivity contribution is -0.134. The standard InChI is InChI=1S/C22H26BrClN2O4/c1-6-28-19-12-15(11-17(23)20(19)29-7-2)13-25-26-21(27)22(4,5)30-16-8-9-18(24)14(3)10-16/h8-13H,6-7H2,1-5H3,(H,26,27)/b25-13+. The lowest BCUT2D eigenvalue weighted by Gasteiger charge is -2.24. The van der Waals surface area contributed by atoms with Crippen LogP contribution in [0.5, 0.6) is 17.2 Å². The minimum Gasteiger partial charge on any atom is -0.490 e. The molecule has 0 bridgehead atoms. The summed E-state index contributed by atoms with van der Waals surface area (Å²) in [5, 5.41) is 4.70. The van der Waals surface area contributed by atoms with E-state index in [4.69, 9.17) is 25.8 Å². The fraction of sp³-hybridized carbons (Fsp3) is 0.364. The lowest BCUT2D eigenvalue weighted by Crippen LogP contribution is -2.44. The van der Waals surface area contributed by atoms with Crippen molar-refractivity contribution in [3.63, 3.8) is 0 Å². The van der Waals surface area contributed by atoms with Gasteiger partial charge in [-0.2, -0.15) is 5.10 Å². The zero-order valence-electron chi connectivity index (χ0n) is 17.7. The molecule has 0 spiro atoms. The summed E-state index contributed by atoms with van der Waals surface area (Å²) >= 11 is 9.52. The number of halogens is 2. The van der Waals surface area contributed by atoms with Gasteiger partial charge in [0.15, 0.2) is 17.1 Å². The largest absolute Gasteiger partial charge is 0.490 e. The summed E-state index contributed by atoms with van der Waals surface area (Å²) < 4.78 is 17.8. The van der Waals surface area contributed by atoms with Gasteiger partial charge >= 0.3 is 0 Å². The molecule has 0 unspecified atom stereocenters. The van der Waals surface area contributed by atoms with Gasteiger partial charge in [-0.15, -0.1) is 0 Å². The number of benzene rings is 2. The number of amides is 1. The van der Waals surface area contributed by atoms with E-state index in [-0.39, 0.29) is 5.91 Å². The highest BCUT2D eigenvalue weighted by atomic mass is 79.9. The number of ether oxygens (including phenoxy) is 3. The van der Waals surface area contributed by atoms with E-state index < -0.39 is 5.60 Å². The molecular weight excluding hydrogens is 472 g/mol.